The van der Waals surface area contributed by atoms with E-state index in [4.69, 9.17) is 21.3 Å². The van der Waals surface area contributed by atoms with Gasteiger partial charge in [-0.3, -0.25) is 4.79 Å². The molecule has 0 saturated heterocycles. The van der Waals surface area contributed by atoms with Crippen molar-refractivity contribution in [1.82, 2.24) is 9.29 Å². The first-order valence-corrected chi connectivity index (χ1v) is 11.3. The highest BCUT2D eigenvalue weighted by molar-refractivity contribution is 8.00. The number of thioether (sulfide) groups is 1. The molecule has 0 aliphatic heterocycles. The number of anilines is 1. The second-order valence-corrected chi connectivity index (χ2v) is 10.3. The molecule has 1 aromatic heterocycles. The summed E-state index contributed by atoms with van der Waals surface area (Å²) in [5, 5.41) is 11.6. The molecule has 0 bridgehead atoms. The Morgan fingerprint density at radius 1 is 1.30 bits per heavy atom. The van der Waals surface area contributed by atoms with Gasteiger partial charge < -0.3 is 9.73 Å². The summed E-state index contributed by atoms with van der Waals surface area (Å²) in [6.45, 7) is 1.68. The monoisotopic (exact) mass is 464 g/mol. The van der Waals surface area contributed by atoms with Crippen molar-refractivity contribution < 1.29 is 17.6 Å². The fourth-order valence-electron chi connectivity index (χ4n) is 2.44. The van der Waals surface area contributed by atoms with Gasteiger partial charge in [0.1, 0.15) is 11.6 Å². The molecule has 8 nitrogen and oxygen atoms in total. The average molecular weight is 465 g/mol. The maximum atomic E-state index is 12.5. The molecule has 3 aromatic rings. The zero-order valence-corrected chi connectivity index (χ0v) is 18.6. The molecular weight excluding hydrogens is 448 g/mol. The number of hydrogen-bond acceptors (Lipinski definition) is 7. The summed E-state index contributed by atoms with van der Waals surface area (Å²) >= 11 is 7.08. The fourth-order valence-corrected chi connectivity index (χ4v) is 4.34. The van der Waals surface area contributed by atoms with E-state index in [2.05, 4.69) is 10.3 Å². The van der Waals surface area contributed by atoms with Crippen molar-refractivity contribution in [1.29, 1.82) is 5.26 Å². The number of rotatable bonds is 6. The zero-order valence-electron chi connectivity index (χ0n) is 16.2. The Kier molecular flexibility index (Phi) is 6.38. The lowest BCUT2D eigenvalue weighted by Crippen LogP contribution is -2.22. The number of aromatic nitrogens is 1. The summed E-state index contributed by atoms with van der Waals surface area (Å²) in [6, 6.07) is 11.0. The van der Waals surface area contributed by atoms with Gasteiger partial charge >= 0.3 is 0 Å². The number of carbonyl (C=O) groups excluding carboxylic acids is 1. The summed E-state index contributed by atoms with van der Waals surface area (Å²) in [7, 11) is -0.690. The van der Waals surface area contributed by atoms with E-state index in [1.807, 2.05) is 6.07 Å². The molecule has 0 aliphatic rings. The molecular formula is C19H17ClN4O4S2. The number of nitrogens with zero attached hydrogens (tertiary/aromatic N) is 3. The van der Waals surface area contributed by atoms with Gasteiger partial charge in [-0.25, -0.2) is 17.7 Å². The maximum Gasteiger partial charge on any atom is 0.257 e. The Hall–Kier alpha value is -2.58. The highest BCUT2D eigenvalue weighted by Crippen LogP contribution is 2.29. The summed E-state index contributed by atoms with van der Waals surface area (Å²) in [6.07, 6.45) is 0. The molecule has 1 amide bonds. The van der Waals surface area contributed by atoms with Crippen LogP contribution in [-0.2, 0) is 14.8 Å². The fraction of sp³-hybridized carbons (Fsp3) is 0.211. The van der Waals surface area contributed by atoms with Crippen molar-refractivity contribution in [2.45, 2.75) is 22.3 Å². The molecule has 1 unspecified atom stereocenters. The van der Waals surface area contributed by atoms with Crippen LogP contribution in [0.2, 0.25) is 5.02 Å². The first kappa shape index (κ1) is 22.1. The summed E-state index contributed by atoms with van der Waals surface area (Å²) in [4.78, 5) is 16.9. The average Bonchev–Trinajstić information content (AvgIpc) is 3.09. The Bertz CT molecular complexity index is 1270. The molecule has 0 radical (unpaired) electrons. The Labute approximate surface area is 182 Å². The van der Waals surface area contributed by atoms with Crippen molar-refractivity contribution in [2.24, 2.45) is 0 Å². The van der Waals surface area contributed by atoms with E-state index in [0.717, 1.165) is 16.1 Å². The first-order valence-electron chi connectivity index (χ1n) is 8.62. The molecule has 0 saturated carbocycles. The number of nitriles is 1. The third kappa shape index (κ3) is 4.60. The predicted octanol–water partition coefficient (Wildman–Crippen LogP) is 3.72. The number of carbonyl (C=O) groups is 1. The second kappa shape index (κ2) is 8.65. The van der Waals surface area contributed by atoms with E-state index < -0.39 is 15.3 Å². The highest BCUT2D eigenvalue weighted by atomic mass is 35.5. The van der Waals surface area contributed by atoms with Crippen molar-refractivity contribution in [3.8, 4) is 6.07 Å². The number of nitrogens with one attached hydrogen (secondary N) is 1. The molecule has 156 valence electrons. The largest absolute Gasteiger partial charge is 0.431 e. The molecule has 1 heterocycles. The van der Waals surface area contributed by atoms with E-state index in [1.165, 1.54) is 44.4 Å². The lowest BCUT2D eigenvalue weighted by molar-refractivity contribution is -0.115. The predicted molar refractivity (Wildman–Crippen MR) is 115 cm³/mol. The molecule has 3 rings (SSSR count). The quantitative estimate of drug-likeness (QED) is 0.552. The molecule has 0 spiro atoms. The lowest BCUT2D eigenvalue weighted by Gasteiger charge is -2.10. The topological polar surface area (TPSA) is 116 Å². The van der Waals surface area contributed by atoms with E-state index in [1.54, 1.807) is 13.0 Å². The summed E-state index contributed by atoms with van der Waals surface area (Å²) in [5.41, 5.74) is 1.58. The van der Waals surface area contributed by atoms with Gasteiger partial charge in [0.2, 0.25) is 15.9 Å². The van der Waals surface area contributed by atoms with Crippen LogP contribution in [0.3, 0.4) is 0 Å². The van der Waals surface area contributed by atoms with E-state index in [9.17, 15) is 13.2 Å². The van der Waals surface area contributed by atoms with Crippen LogP contribution in [0, 0.1) is 11.3 Å². The Morgan fingerprint density at radius 3 is 2.67 bits per heavy atom. The van der Waals surface area contributed by atoms with Crippen LogP contribution < -0.4 is 5.32 Å². The smallest absolute Gasteiger partial charge is 0.257 e. The number of hydrogen-bond donors (Lipinski definition) is 1. The van der Waals surface area contributed by atoms with Gasteiger partial charge in [-0.1, -0.05) is 23.4 Å². The van der Waals surface area contributed by atoms with Gasteiger partial charge in [-0.05, 0) is 43.3 Å². The lowest BCUT2D eigenvalue weighted by atomic mass is 10.2. The van der Waals surface area contributed by atoms with Crippen LogP contribution >= 0.6 is 23.4 Å². The highest BCUT2D eigenvalue weighted by Gasteiger charge is 2.21. The van der Waals surface area contributed by atoms with Gasteiger partial charge in [0, 0.05) is 19.8 Å². The van der Waals surface area contributed by atoms with Crippen LogP contribution in [0.4, 0.5) is 5.69 Å². The van der Waals surface area contributed by atoms with Crippen LogP contribution in [-0.4, -0.2) is 43.0 Å². The normalized spacial score (nSPS) is 12.7. The van der Waals surface area contributed by atoms with Crippen molar-refractivity contribution >= 4 is 56.1 Å². The van der Waals surface area contributed by atoms with Crippen LogP contribution in [0.25, 0.3) is 11.1 Å². The van der Waals surface area contributed by atoms with E-state index >= 15 is 0 Å². The van der Waals surface area contributed by atoms with Crippen molar-refractivity contribution in [3.63, 3.8) is 0 Å². The van der Waals surface area contributed by atoms with Crippen LogP contribution in [0.15, 0.2) is 50.9 Å². The number of sulfonamides is 1. The van der Waals surface area contributed by atoms with Crippen molar-refractivity contribution in [2.75, 3.05) is 19.4 Å². The summed E-state index contributed by atoms with van der Waals surface area (Å²) in [5.74, 6) is -0.307. The van der Waals surface area contributed by atoms with E-state index in [0.29, 0.717) is 22.4 Å². The third-order valence-electron chi connectivity index (χ3n) is 4.12. The third-order valence-corrected chi connectivity index (χ3v) is 7.19. The van der Waals surface area contributed by atoms with E-state index in [-0.39, 0.29) is 21.0 Å². The number of halogens is 1. The van der Waals surface area contributed by atoms with Gasteiger partial charge in [-0.2, -0.15) is 5.26 Å². The number of benzene rings is 2. The van der Waals surface area contributed by atoms with Gasteiger partial charge in [0.25, 0.3) is 5.22 Å². The molecule has 0 fully saturated rings. The minimum absolute atomic E-state index is 0.105. The Morgan fingerprint density at radius 2 is 2.03 bits per heavy atom. The van der Waals surface area contributed by atoms with Crippen LogP contribution in [0.5, 0.6) is 0 Å². The van der Waals surface area contributed by atoms with Crippen LogP contribution in [0.1, 0.15) is 12.5 Å². The molecule has 11 heteroatoms. The molecule has 1 atom stereocenters. The van der Waals surface area contributed by atoms with Gasteiger partial charge in [-0.15, -0.1) is 0 Å². The minimum atomic E-state index is -3.59. The number of amides is 1. The van der Waals surface area contributed by atoms with Crippen molar-refractivity contribution in [3.05, 3.63) is 47.0 Å². The second-order valence-electron chi connectivity index (χ2n) is 6.45. The molecule has 2 aromatic carbocycles. The van der Waals surface area contributed by atoms with Gasteiger partial charge in [0.15, 0.2) is 5.58 Å². The number of oxazole rings is 1. The molecule has 0 aliphatic carbocycles. The molecule has 30 heavy (non-hydrogen) atoms. The SMILES string of the molecule is CC(Sc1nc2cc(S(=O)(=O)N(C)C)ccc2o1)C(=O)Nc1ccc(C#N)c(Cl)c1. The standard InChI is InChI=1S/C19H17ClN4O4S2/c1-11(18(25)22-13-5-4-12(10-21)15(20)8-13)29-19-23-16-9-14(6-7-17(16)28-19)30(26,27)24(2)3/h4-9,11H,1-3H3,(H,22,25). The zero-order chi connectivity index (χ0) is 22.1. The molecule has 1 N–H and O–H groups in total. The Balaban J connectivity index is 1.74. The first-order chi connectivity index (χ1) is 14.1. The summed E-state index contributed by atoms with van der Waals surface area (Å²) < 4.78 is 31.3. The van der Waals surface area contributed by atoms with Gasteiger partial charge in [0.05, 0.1) is 20.7 Å². The minimum Gasteiger partial charge on any atom is -0.431 e. The number of fused-ring (bicyclic) bond motifs is 1. The maximum absolute atomic E-state index is 12.5.